The smallest absolute Gasteiger partial charge is 0.277 e. The Morgan fingerprint density at radius 3 is 2.80 bits per heavy atom. The van der Waals surface area contributed by atoms with Crippen LogP contribution in [0.3, 0.4) is 0 Å². The number of carbonyl (C=O) groups is 1. The van der Waals surface area contributed by atoms with E-state index in [9.17, 15) is 9.18 Å². The number of ether oxygens (including phenoxy) is 1. The lowest BCUT2D eigenvalue weighted by Crippen LogP contribution is -2.13. The summed E-state index contributed by atoms with van der Waals surface area (Å²) < 4.78 is 23.5. The number of hydrogen-bond acceptors (Lipinski definition) is 6. The Morgan fingerprint density at radius 2 is 2.04 bits per heavy atom. The van der Waals surface area contributed by atoms with Crippen LogP contribution >= 0.6 is 11.8 Å². The summed E-state index contributed by atoms with van der Waals surface area (Å²) in [6, 6.07) is 12.8. The molecule has 128 valence electrons. The predicted octanol–water partition coefficient (Wildman–Crippen LogP) is 3.62. The van der Waals surface area contributed by atoms with Crippen LogP contribution in [0.15, 0.2) is 58.2 Å². The van der Waals surface area contributed by atoms with E-state index in [0.29, 0.717) is 17.0 Å². The van der Waals surface area contributed by atoms with Crippen molar-refractivity contribution in [3.05, 3.63) is 54.3 Å². The molecule has 0 fully saturated rings. The molecule has 0 saturated carbocycles. The average Bonchev–Trinajstić information content (AvgIpc) is 3.10. The maximum Gasteiger partial charge on any atom is 0.277 e. The van der Waals surface area contributed by atoms with Crippen molar-refractivity contribution < 1.29 is 18.3 Å². The van der Waals surface area contributed by atoms with Crippen molar-refractivity contribution in [2.75, 3.05) is 18.2 Å². The minimum Gasteiger partial charge on any atom is -0.497 e. The molecular weight excluding hydrogens is 345 g/mol. The van der Waals surface area contributed by atoms with Crippen molar-refractivity contribution in [2.24, 2.45) is 0 Å². The molecule has 1 aromatic heterocycles. The minimum absolute atomic E-state index is 0.113. The zero-order valence-electron chi connectivity index (χ0n) is 13.2. The molecule has 1 N–H and O–H groups in total. The Hall–Kier alpha value is -2.87. The van der Waals surface area contributed by atoms with E-state index in [1.807, 2.05) is 0 Å². The van der Waals surface area contributed by atoms with E-state index in [1.54, 1.807) is 43.5 Å². The van der Waals surface area contributed by atoms with Gasteiger partial charge in [-0.25, -0.2) is 4.39 Å². The van der Waals surface area contributed by atoms with Gasteiger partial charge < -0.3 is 14.5 Å². The molecule has 0 saturated heterocycles. The molecule has 0 unspecified atom stereocenters. The molecule has 0 aliphatic rings. The Kier molecular flexibility index (Phi) is 5.30. The molecule has 0 aliphatic carbocycles. The van der Waals surface area contributed by atoms with Gasteiger partial charge in [0.05, 0.1) is 12.9 Å². The molecule has 6 nitrogen and oxygen atoms in total. The number of nitrogens with one attached hydrogen (secondary N) is 1. The quantitative estimate of drug-likeness (QED) is 0.678. The number of thioether (sulfide) groups is 1. The lowest BCUT2D eigenvalue weighted by atomic mass is 10.2. The van der Waals surface area contributed by atoms with Crippen LogP contribution < -0.4 is 10.1 Å². The lowest BCUT2D eigenvalue weighted by molar-refractivity contribution is -0.113. The molecule has 1 heterocycles. The molecule has 2 aromatic carbocycles. The van der Waals surface area contributed by atoms with Crippen LogP contribution in [-0.4, -0.2) is 29.0 Å². The standard InChI is InChI=1S/C17H14FN3O3S/c1-23-14-4-2-3-13(9-14)19-15(22)10-25-17-21-20-16(24-17)11-5-7-12(18)8-6-11/h2-9H,10H2,1H3,(H,19,22). The van der Waals surface area contributed by atoms with Crippen LogP contribution in [0.1, 0.15) is 0 Å². The Morgan fingerprint density at radius 1 is 1.24 bits per heavy atom. The van der Waals surface area contributed by atoms with Gasteiger partial charge in [0, 0.05) is 17.3 Å². The van der Waals surface area contributed by atoms with Gasteiger partial charge in [-0.05, 0) is 36.4 Å². The van der Waals surface area contributed by atoms with Crippen molar-refractivity contribution >= 4 is 23.4 Å². The second kappa shape index (κ2) is 7.80. The third kappa shape index (κ3) is 4.57. The van der Waals surface area contributed by atoms with Gasteiger partial charge in [0.25, 0.3) is 5.22 Å². The van der Waals surface area contributed by atoms with Crippen LogP contribution in [-0.2, 0) is 4.79 Å². The third-order valence-electron chi connectivity index (χ3n) is 3.18. The summed E-state index contributed by atoms with van der Waals surface area (Å²) in [5.41, 5.74) is 1.25. The Balaban J connectivity index is 1.56. The molecule has 8 heteroatoms. The summed E-state index contributed by atoms with van der Waals surface area (Å²) in [7, 11) is 1.56. The molecule has 3 aromatic rings. The highest BCUT2D eigenvalue weighted by Crippen LogP contribution is 2.23. The highest BCUT2D eigenvalue weighted by molar-refractivity contribution is 7.99. The lowest BCUT2D eigenvalue weighted by Gasteiger charge is -2.05. The van der Waals surface area contributed by atoms with Gasteiger partial charge in [-0.15, -0.1) is 10.2 Å². The maximum atomic E-state index is 12.9. The Bertz CT molecular complexity index is 868. The fraction of sp³-hybridized carbons (Fsp3) is 0.118. The second-order valence-corrected chi connectivity index (χ2v) is 5.88. The number of amides is 1. The number of benzene rings is 2. The van der Waals surface area contributed by atoms with Crippen molar-refractivity contribution in [3.63, 3.8) is 0 Å². The van der Waals surface area contributed by atoms with E-state index in [0.717, 1.165) is 11.8 Å². The zero-order valence-corrected chi connectivity index (χ0v) is 14.0. The molecule has 0 bridgehead atoms. The highest BCUT2D eigenvalue weighted by atomic mass is 32.2. The summed E-state index contributed by atoms with van der Waals surface area (Å²) in [6.07, 6.45) is 0. The van der Waals surface area contributed by atoms with Gasteiger partial charge in [-0.1, -0.05) is 17.8 Å². The molecule has 3 rings (SSSR count). The van der Waals surface area contributed by atoms with E-state index in [-0.39, 0.29) is 28.6 Å². The normalized spacial score (nSPS) is 10.5. The first kappa shape index (κ1) is 17.0. The topological polar surface area (TPSA) is 77.2 Å². The van der Waals surface area contributed by atoms with Crippen molar-refractivity contribution in [1.82, 2.24) is 10.2 Å². The first-order valence-electron chi connectivity index (χ1n) is 7.30. The fourth-order valence-electron chi connectivity index (χ4n) is 2.00. The maximum absolute atomic E-state index is 12.9. The van der Waals surface area contributed by atoms with E-state index in [2.05, 4.69) is 15.5 Å². The number of halogens is 1. The molecule has 0 aliphatic heterocycles. The first-order chi connectivity index (χ1) is 12.1. The van der Waals surface area contributed by atoms with E-state index < -0.39 is 0 Å². The van der Waals surface area contributed by atoms with Crippen LogP contribution in [0.25, 0.3) is 11.5 Å². The molecule has 25 heavy (non-hydrogen) atoms. The van der Waals surface area contributed by atoms with Gasteiger partial charge in [-0.3, -0.25) is 4.79 Å². The monoisotopic (exact) mass is 359 g/mol. The number of aromatic nitrogens is 2. The summed E-state index contributed by atoms with van der Waals surface area (Å²) in [6.45, 7) is 0. The summed E-state index contributed by atoms with van der Waals surface area (Å²) >= 11 is 1.12. The van der Waals surface area contributed by atoms with Gasteiger partial charge >= 0.3 is 0 Å². The van der Waals surface area contributed by atoms with E-state index in [4.69, 9.17) is 9.15 Å². The van der Waals surface area contributed by atoms with E-state index >= 15 is 0 Å². The number of hydrogen-bond donors (Lipinski definition) is 1. The average molecular weight is 359 g/mol. The Labute approximate surface area is 147 Å². The summed E-state index contributed by atoms with van der Waals surface area (Å²) in [4.78, 5) is 12.0. The van der Waals surface area contributed by atoms with Crippen molar-refractivity contribution in [1.29, 1.82) is 0 Å². The van der Waals surface area contributed by atoms with Gasteiger partial charge in [0.1, 0.15) is 11.6 Å². The van der Waals surface area contributed by atoms with Crippen molar-refractivity contribution in [2.45, 2.75) is 5.22 Å². The largest absolute Gasteiger partial charge is 0.497 e. The predicted molar refractivity (Wildman–Crippen MR) is 92.0 cm³/mol. The molecule has 0 radical (unpaired) electrons. The second-order valence-electron chi connectivity index (χ2n) is 4.95. The number of methoxy groups -OCH3 is 1. The molecule has 1 amide bonds. The fourth-order valence-corrected chi connectivity index (χ4v) is 2.57. The SMILES string of the molecule is COc1cccc(NC(=O)CSc2nnc(-c3ccc(F)cc3)o2)c1. The number of carbonyl (C=O) groups excluding carboxylic acids is 1. The first-order valence-corrected chi connectivity index (χ1v) is 8.29. The number of nitrogens with zero attached hydrogens (tertiary/aromatic N) is 2. The minimum atomic E-state index is -0.341. The van der Waals surface area contributed by atoms with Crippen LogP contribution in [0.4, 0.5) is 10.1 Å². The van der Waals surface area contributed by atoms with Crippen molar-refractivity contribution in [3.8, 4) is 17.2 Å². The zero-order chi connectivity index (χ0) is 17.6. The van der Waals surface area contributed by atoms with Crippen LogP contribution in [0, 0.1) is 5.82 Å². The molecule has 0 atom stereocenters. The number of rotatable bonds is 6. The molecular formula is C17H14FN3O3S. The van der Waals surface area contributed by atoms with Crippen LogP contribution in [0.5, 0.6) is 5.75 Å². The summed E-state index contributed by atoms with van der Waals surface area (Å²) in [5.74, 6) is 0.497. The third-order valence-corrected chi connectivity index (χ3v) is 4.00. The molecule has 0 spiro atoms. The number of anilines is 1. The van der Waals surface area contributed by atoms with Gasteiger partial charge in [0.15, 0.2) is 0 Å². The van der Waals surface area contributed by atoms with Gasteiger partial charge in [-0.2, -0.15) is 0 Å². The van der Waals surface area contributed by atoms with Crippen LogP contribution in [0.2, 0.25) is 0 Å². The summed E-state index contributed by atoms with van der Waals surface area (Å²) in [5, 5.41) is 10.8. The van der Waals surface area contributed by atoms with Gasteiger partial charge in [0.2, 0.25) is 11.8 Å². The highest BCUT2D eigenvalue weighted by Gasteiger charge is 2.11. The van der Waals surface area contributed by atoms with E-state index in [1.165, 1.54) is 12.1 Å².